The Kier molecular flexibility index (Phi) is 7.66. The Morgan fingerprint density at radius 2 is 1.48 bits per heavy atom. The van der Waals surface area contributed by atoms with Crippen molar-refractivity contribution >= 4 is 0 Å². The molecule has 1 aliphatic rings. The summed E-state index contributed by atoms with van der Waals surface area (Å²) in [6.07, 6.45) is 11.7. The van der Waals surface area contributed by atoms with E-state index in [0.717, 1.165) is 12.8 Å². The fourth-order valence-corrected chi connectivity index (χ4v) is 5.40. The fraction of sp³-hybridized carbons (Fsp3) is 0.357. The Morgan fingerprint density at radius 3 is 2.03 bits per heavy atom. The van der Waals surface area contributed by atoms with E-state index in [-0.39, 0.29) is 0 Å². The summed E-state index contributed by atoms with van der Waals surface area (Å²) in [5.41, 5.74) is 2.93. The number of allylic oxidation sites excluding steroid dienone is 4. The molecule has 0 N–H and O–H groups in total. The highest BCUT2D eigenvalue weighted by atomic mass is 15.1. The van der Waals surface area contributed by atoms with Crippen LogP contribution in [0.5, 0.6) is 0 Å². The van der Waals surface area contributed by atoms with Gasteiger partial charge in [0.1, 0.15) is 0 Å². The first-order valence-electron chi connectivity index (χ1n) is 10.8. The minimum absolute atomic E-state index is 0.495. The van der Waals surface area contributed by atoms with Crippen molar-refractivity contribution in [2.45, 2.75) is 37.1 Å². The molecule has 1 aliphatic carbocycles. The van der Waals surface area contributed by atoms with E-state index in [1.165, 1.54) is 17.5 Å². The number of hydrogen-bond donors (Lipinski definition) is 0. The summed E-state index contributed by atoms with van der Waals surface area (Å²) in [7, 11) is 4.48. The Morgan fingerprint density at radius 1 is 0.862 bits per heavy atom. The standard InChI is InChI=1S/C28H35N/c1-5-7-10-20-24-26(22-16-11-8-12-17-22)21-27(29(3)4)25(15-6-2)28(24)23-18-13-9-14-19-23/h5-14,16-19,24-28H,1-2,15,20-21H2,3-4H3. The summed E-state index contributed by atoms with van der Waals surface area (Å²) in [5, 5.41) is 0. The molecular weight excluding hydrogens is 350 g/mol. The molecule has 152 valence electrons. The molecule has 0 saturated heterocycles. The van der Waals surface area contributed by atoms with Crippen molar-refractivity contribution in [1.29, 1.82) is 0 Å². The second kappa shape index (κ2) is 10.4. The van der Waals surface area contributed by atoms with Crippen LogP contribution >= 0.6 is 0 Å². The highest BCUT2D eigenvalue weighted by molar-refractivity contribution is 5.30. The lowest BCUT2D eigenvalue weighted by Gasteiger charge is -2.50. The van der Waals surface area contributed by atoms with Gasteiger partial charge in [-0.15, -0.1) is 6.58 Å². The van der Waals surface area contributed by atoms with Gasteiger partial charge in [0.05, 0.1) is 0 Å². The maximum absolute atomic E-state index is 4.11. The van der Waals surface area contributed by atoms with Crippen LogP contribution in [-0.2, 0) is 0 Å². The van der Waals surface area contributed by atoms with Gasteiger partial charge in [-0.2, -0.15) is 0 Å². The molecule has 0 bridgehead atoms. The van der Waals surface area contributed by atoms with Crippen LogP contribution < -0.4 is 0 Å². The first kappa shape index (κ1) is 21.3. The van der Waals surface area contributed by atoms with Gasteiger partial charge in [0.15, 0.2) is 0 Å². The normalized spacial score (nSPS) is 27.2. The zero-order valence-corrected chi connectivity index (χ0v) is 18.0. The summed E-state index contributed by atoms with van der Waals surface area (Å²) in [6, 6.07) is 22.8. The largest absolute Gasteiger partial charge is 0.306 e. The maximum Gasteiger partial charge on any atom is 0.0132 e. The van der Waals surface area contributed by atoms with Crippen LogP contribution in [0.1, 0.15) is 42.2 Å². The third kappa shape index (κ3) is 4.97. The van der Waals surface area contributed by atoms with Gasteiger partial charge in [0, 0.05) is 6.04 Å². The average molecular weight is 386 g/mol. The molecular formula is C28H35N. The Balaban J connectivity index is 2.11. The summed E-state index contributed by atoms with van der Waals surface area (Å²) in [4.78, 5) is 2.44. The monoisotopic (exact) mass is 385 g/mol. The summed E-state index contributed by atoms with van der Waals surface area (Å²) >= 11 is 0. The smallest absolute Gasteiger partial charge is 0.0132 e. The first-order chi connectivity index (χ1) is 14.2. The van der Waals surface area contributed by atoms with E-state index in [9.17, 15) is 0 Å². The second-order valence-electron chi connectivity index (χ2n) is 8.47. The molecule has 0 heterocycles. The molecule has 0 spiro atoms. The number of rotatable bonds is 8. The highest BCUT2D eigenvalue weighted by Gasteiger charge is 2.45. The van der Waals surface area contributed by atoms with Crippen molar-refractivity contribution in [3.63, 3.8) is 0 Å². The lowest BCUT2D eigenvalue weighted by Crippen LogP contribution is -2.47. The summed E-state index contributed by atoms with van der Waals surface area (Å²) in [6.45, 7) is 7.98. The topological polar surface area (TPSA) is 3.24 Å². The van der Waals surface area contributed by atoms with Gasteiger partial charge in [-0.1, -0.05) is 91.5 Å². The van der Waals surface area contributed by atoms with Gasteiger partial charge in [-0.25, -0.2) is 0 Å². The van der Waals surface area contributed by atoms with E-state index < -0.39 is 0 Å². The van der Waals surface area contributed by atoms with E-state index in [2.05, 4.69) is 111 Å². The van der Waals surface area contributed by atoms with Crippen LogP contribution in [0.2, 0.25) is 0 Å². The molecule has 1 saturated carbocycles. The van der Waals surface area contributed by atoms with Crippen molar-refractivity contribution in [2.24, 2.45) is 11.8 Å². The minimum Gasteiger partial charge on any atom is -0.306 e. The molecule has 1 nitrogen and oxygen atoms in total. The SMILES string of the molecule is C=CC=CCC1C(c2ccccc2)CC(N(C)C)C(CC=C)C1c1ccccc1. The fourth-order valence-electron chi connectivity index (χ4n) is 5.40. The molecule has 0 aromatic heterocycles. The van der Waals surface area contributed by atoms with E-state index in [0.29, 0.717) is 29.7 Å². The quantitative estimate of drug-likeness (QED) is 0.355. The summed E-state index contributed by atoms with van der Waals surface area (Å²) in [5.74, 6) is 2.14. The molecule has 1 fully saturated rings. The van der Waals surface area contributed by atoms with Gasteiger partial charge in [0.25, 0.3) is 0 Å². The molecule has 0 amide bonds. The van der Waals surface area contributed by atoms with Gasteiger partial charge in [-0.3, -0.25) is 0 Å². The molecule has 29 heavy (non-hydrogen) atoms. The predicted octanol–water partition coefficient (Wildman–Crippen LogP) is 6.83. The van der Waals surface area contributed by atoms with E-state index in [1.807, 2.05) is 6.08 Å². The first-order valence-corrected chi connectivity index (χ1v) is 10.8. The van der Waals surface area contributed by atoms with Gasteiger partial charge in [-0.05, 0) is 68.2 Å². The molecule has 0 aliphatic heterocycles. The van der Waals surface area contributed by atoms with Crippen LogP contribution in [0.4, 0.5) is 0 Å². The molecule has 5 unspecified atom stereocenters. The lowest BCUT2D eigenvalue weighted by molar-refractivity contribution is 0.0812. The summed E-state index contributed by atoms with van der Waals surface area (Å²) < 4.78 is 0. The molecule has 2 aromatic rings. The van der Waals surface area contributed by atoms with Crippen molar-refractivity contribution in [3.05, 3.63) is 109 Å². The van der Waals surface area contributed by atoms with E-state index in [1.54, 1.807) is 0 Å². The van der Waals surface area contributed by atoms with Gasteiger partial charge < -0.3 is 4.90 Å². The Hall–Kier alpha value is -2.38. The molecule has 1 heteroatoms. The van der Waals surface area contributed by atoms with Gasteiger partial charge >= 0.3 is 0 Å². The second-order valence-corrected chi connectivity index (χ2v) is 8.47. The van der Waals surface area contributed by atoms with Crippen molar-refractivity contribution in [3.8, 4) is 0 Å². The predicted molar refractivity (Wildman–Crippen MR) is 126 cm³/mol. The number of benzene rings is 2. The third-order valence-electron chi connectivity index (χ3n) is 6.62. The van der Waals surface area contributed by atoms with Crippen molar-refractivity contribution in [1.82, 2.24) is 4.90 Å². The van der Waals surface area contributed by atoms with Crippen LogP contribution in [0.15, 0.2) is 98.1 Å². The van der Waals surface area contributed by atoms with Crippen LogP contribution in [0.3, 0.4) is 0 Å². The minimum atomic E-state index is 0.495. The van der Waals surface area contributed by atoms with Crippen molar-refractivity contribution in [2.75, 3.05) is 14.1 Å². The van der Waals surface area contributed by atoms with E-state index in [4.69, 9.17) is 0 Å². The molecule has 3 rings (SSSR count). The van der Waals surface area contributed by atoms with E-state index >= 15 is 0 Å². The van der Waals surface area contributed by atoms with Crippen LogP contribution in [-0.4, -0.2) is 25.0 Å². The van der Waals surface area contributed by atoms with Gasteiger partial charge in [0.2, 0.25) is 0 Å². The molecule has 5 atom stereocenters. The molecule has 2 aromatic carbocycles. The number of hydrogen-bond acceptors (Lipinski definition) is 1. The molecule has 0 radical (unpaired) electrons. The third-order valence-corrected chi connectivity index (χ3v) is 6.62. The lowest BCUT2D eigenvalue weighted by atomic mass is 9.58. The maximum atomic E-state index is 4.11. The Bertz CT molecular complexity index is 790. The van der Waals surface area contributed by atoms with Crippen molar-refractivity contribution < 1.29 is 0 Å². The van der Waals surface area contributed by atoms with Crippen LogP contribution in [0.25, 0.3) is 0 Å². The average Bonchev–Trinajstić information content (AvgIpc) is 2.75. The number of nitrogens with zero attached hydrogens (tertiary/aromatic N) is 1. The van der Waals surface area contributed by atoms with Crippen LogP contribution in [0, 0.1) is 11.8 Å². The zero-order valence-electron chi connectivity index (χ0n) is 18.0. The Labute approximate surface area is 177 Å². The zero-order chi connectivity index (χ0) is 20.6. The highest BCUT2D eigenvalue weighted by Crippen LogP contribution is 2.52.